The first-order chi connectivity index (χ1) is 4.33. The molecule has 0 heterocycles. The lowest BCUT2D eigenvalue weighted by atomic mass is 10.7. The fraction of sp³-hybridized carbons (Fsp3) is 0.600. The van der Waals surface area contributed by atoms with Crippen molar-refractivity contribution >= 4 is 6.03 Å². The summed E-state index contributed by atoms with van der Waals surface area (Å²) in [7, 11) is 0. The second kappa shape index (κ2) is 2.35. The van der Waals surface area contributed by atoms with Crippen molar-refractivity contribution in [2.24, 2.45) is 0 Å². The van der Waals surface area contributed by atoms with Crippen LogP contribution in [0.1, 0.15) is 12.8 Å². The van der Waals surface area contributed by atoms with Gasteiger partial charge in [-0.3, -0.25) is 0 Å². The molecule has 0 radical (unpaired) electrons. The van der Waals surface area contributed by atoms with Crippen molar-refractivity contribution in [1.29, 1.82) is 5.26 Å². The van der Waals surface area contributed by atoms with E-state index in [1.54, 1.807) is 0 Å². The quantitative estimate of drug-likeness (QED) is 0.380. The second-order valence-electron chi connectivity index (χ2n) is 1.98. The average Bonchev–Trinajstić information content (AvgIpc) is 2.50. The number of hydrogen-bond acceptors (Lipinski definition) is 2. The number of hydrogen-bond donors (Lipinski definition) is 2. The molecule has 48 valence electrons. The lowest BCUT2D eigenvalue weighted by Gasteiger charge is -1.96. The minimum atomic E-state index is -0.389. The van der Waals surface area contributed by atoms with E-state index < -0.39 is 0 Å². The number of nitrogens with one attached hydrogen (secondary N) is 2. The summed E-state index contributed by atoms with van der Waals surface area (Å²) in [5, 5.41) is 12.5. The van der Waals surface area contributed by atoms with Crippen molar-refractivity contribution in [2.75, 3.05) is 0 Å². The van der Waals surface area contributed by atoms with E-state index in [1.165, 1.54) is 6.19 Å². The molecule has 4 nitrogen and oxygen atoms in total. The van der Waals surface area contributed by atoms with E-state index in [2.05, 4.69) is 5.32 Å². The lowest BCUT2D eigenvalue weighted by molar-refractivity contribution is 0.244. The van der Waals surface area contributed by atoms with Gasteiger partial charge in [-0.25, -0.2) is 10.1 Å². The standard InChI is InChI=1S/C5H7N3O/c6-3-7-5(9)8-4-1-2-4/h4H,1-2H2,(H2,7,8,9). The highest BCUT2D eigenvalue weighted by molar-refractivity contribution is 5.75. The van der Waals surface area contributed by atoms with Crippen LogP contribution in [0.25, 0.3) is 0 Å². The summed E-state index contributed by atoms with van der Waals surface area (Å²) >= 11 is 0. The van der Waals surface area contributed by atoms with Gasteiger partial charge >= 0.3 is 6.03 Å². The van der Waals surface area contributed by atoms with Crippen molar-refractivity contribution in [3.63, 3.8) is 0 Å². The smallest absolute Gasteiger partial charge is 0.328 e. The van der Waals surface area contributed by atoms with Crippen LogP contribution in [0, 0.1) is 11.5 Å². The topological polar surface area (TPSA) is 64.9 Å². The van der Waals surface area contributed by atoms with E-state index in [4.69, 9.17) is 5.26 Å². The molecule has 4 heteroatoms. The van der Waals surface area contributed by atoms with Gasteiger partial charge < -0.3 is 5.32 Å². The van der Waals surface area contributed by atoms with Crippen molar-refractivity contribution in [1.82, 2.24) is 10.6 Å². The molecule has 0 atom stereocenters. The Hall–Kier alpha value is -1.24. The Labute approximate surface area is 52.8 Å². The molecular formula is C5H7N3O. The number of amides is 2. The van der Waals surface area contributed by atoms with E-state index in [1.807, 2.05) is 5.32 Å². The normalized spacial score (nSPS) is 15.9. The molecule has 2 amide bonds. The highest BCUT2D eigenvalue weighted by atomic mass is 16.2. The van der Waals surface area contributed by atoms with Crippen LogP contribution >= 0.6 is 0 Å². The van der Waals surface area contributed by atoms with Crippen LogP contribution in [0.5, 0.6) is 0 Å². The largest absolute Gasteiger partial charge is 0.335 e. The molecule has 0 aromatic heterocycles. The van der Waals surface area contributed by atoms with Crippen molar-refractivity contribution in [3.05, 3.63) is 0 Å². The second-order valence-corrected chi connectivity index (χ2v) is 1.98. The molecule has 1 aliphatic rings. The first kappa shape index (κ1) is 5.89. The maximum absolute atomic E-state index is 10.4. The van der Waals surface area contributed by atoms with Gasteiger partial charge in [0.1, 0.15) is 0 Å². The Kier molecular flexibility index (Phi) is 1.54. The van der Waals surface area contributed by atoms with Crippen molar-refractivity contribution in [2.45, 2.75) is 18.9 Å². The SMILES string of the molecule is N#CNC(=O)NC1CC1. The summed E-state index contributed by atoms with van der Waals surface area (Å²) in [5.74, 6) is 0. The molecule has 0 spiro atoms. The van der Waals surface area contributed by atoms with E-state index in [9.17, 15) is 4.79 Å². The number of carbonyl (C=O) groups is 1. The number of rotatable bonds is 1. The zero-order chi connectivity index (χ0) is 6.69. The number of nitrogens with zero attached hydrogens (tertiary/aromatic N) is 1. The Morgan fingerprint density at radius 1 is 1.67 bits per heavy atom. The summed E-state index contributed by atoms with van der Waals surface area (Å²) < 4.78 is 0. The molecular weight excluding hydrogens is 118 g/mol. The van der Waals surface area contributed by atoms with Crippen LogP contribution in [0.15, 0.2) is 0 Å². The Bertz CT molecular complexity index is 156. The van der Waals surface area contributed by atoms with Gasteiger partial charge in [0.2, 0.25) is 0 Å². The third kappa shape index (κ3) is 2.00. The maximum Gasteiger partial charge on any atom is 0.328 e. The molecule has 2 N–H and O–H groups in total. The molecule has 9 heavy (non-hydrogen) atoms. The van der Waals surface area contributed by atoms with Gasteiger partial charge in [0.05, 0.1) is 0 Å². The van der Waals surface area contributed by atoms with Crippen molar-refractivity contribution < 1.29 is 4.79 Å². The van der Waals surface area contributed by atoms with Crippen LogP contribution in [0.3, 0.4) is 0 Å². The molecule has 1 rings (SSSR count). The van der Waals surface area contributed by atoms with Crippen LogP contribution in [0.2, 0.25) is 0 Å². The summed E-state index contributed by atoms with van der Waals surface area (Å²) in [4.78, 5) is 10.4. The van der Waals surface area contributed by atoms with Crippen LogP contribution in [-0.2, 0) is 0 Å². The fourth-order valence-electron chi connectivity index (χ4n) is 0.500. The molecule has 1 saturated carbocycles. The lowest BCUT2D eigenvalue weighted by Crippen LogP contribution is -2.33. The van der Waals surface area contributed by atoms with E-state index in [0.29, 0.717) is 6.04 Å². The first-order valence-corrected chi connectivity index (χ1v) is 2.78. The Balaban J connectivity index is 2.11. The zero-order valence-electron chi connectivity index (χ0n) is 4.85. The number of nitriles is 1. The molecule has 1 fully saturated rings. The molecule has 0 saturated heterocycles. The predicted octanol–water partition coefficient (Wildman–Crippen LogP) is -0.0709. The van der Waals surface area contributed by atoms with Crippen LogP contribution in [-0.4, -0.2) is 12.1 Å². The third-order valence-electron chi connectivity index (χ3n) is 1.08. The molecule has 0 aromatic rings. The first-order valence-electron chi connectivity index (χ1n) is 2.78. The summed E-state index contributed by atoms with van der Waals surface area (Å²) in [6.07, 6.45) is 3.62. The van der Waals surface area contributed by atoms with Gasteiger partial charge in [0, 0.05) is 6.04 Å². The molecule has 0 unspecified atom stereocenters. The Morgan fingerprint density at radius 2 is 2.33 bits per heavy atom. The maximum atomic E-state index is 10.4. The molecule has 0 bridgehead atoms. The third-order valence-corrected chi connectivity index (χ3v) is 1.08. The highest BCUT2D eigenvalue weighted by Gasteiger charge is 2.22. The summed E-state index contributed by atoms with van der Waals surface area (Å²) in [6, 6.07) is -0.0710. The van der Waals surface area contributed by atoms with Crippen LogP contribution in [0.4, 0.5) is 4.79 Å². The minimum absolute atomic E-state index is 0.318. The van der Waals surface area contributed by atoms with Crippen molar-refractivity contribution in [3.8, 4) is 6.19 Å². The van der Waals surface area contributed by atoms with Gasteiger partial charge in [-0.05, 0) is 12.8 Å². The highest BCUT2D eigenvalue weighted by Crippen LogP contribution is 2.17. The summed E-state index contributed by atoms with van der Waals surface area (Å²) in [5.41, 5.74) is 0. The summed E-state index contributed by atoms with van der Waals surface area (Å²) in [6.45, 7) is 0. The van der Waals surface area contributed by atoms with E-state index in [0.717, 1.165) is 12.8 Å². The minimum Gasteiger partial charge on any atom is -0.335 e. The van der Waals surface area contributed by atoms with Gasteiger partial charge in [0.15, 0.2) is 6.19 Å². The fourth-order valence-corrected chi connectivity index (χ4v) is 0.500. The molecule has 1 aliphatic carbocycles. The van der Waals surface area contributed by atoms with Gasteiger partial charge in [0.25, 0.3) is 0 Å². The monoisotopic (exact) mass is 125 g/mol. The number of urea groups is 1. The van der Waals surface area contributed by atoms with E-state index in [-0.39, 0.29) is 6.03 Å². The molecule has 0 aliphatic heterocycles. The average molecular weight is 125 g/mol. The van der Waals surface area contributed by atoms with Gasteiger partial charge in [-0.2, -0.15) is 5.26 Å². The van der Waals surface area contributed by atoms with Crippen LogP contribution < -0.4 is 10.6 Å². The Morgan fingerprint density at radius 3 is 2.78 bits per heavy atom. The van der Waals surface area contributed by atoms with Gasteiger partial charge in [-0.1, -0.05) is 0 Å². The zero-order valence-corrected chi connectivity index (χ0v) is 4.85. The van der Waals surface area contributed by atoms with Gasteiger partial charge in [-0.15, -0.1) is 0 Å². The predicted molar refractivity (Wildman–Crippen MR) is 30.3 cm³/mol. The number of carbonyl (C=O) groups excluding carboxylic acids is 1. The molecule has 0 aromatic carbocycles. The van der Waals surface area contributed by atoms with E-state index >= 15 is 0 Å².